The zero-order valence-electron chi connectivity index (χ0n) is 18.9. The third kappa shape index (κ3) is 5.43. The van der Waals surface area contributed by atoms with Gasteiger partial charge in [-0.05, 0) is 80.0 Å². The molecule has 4 rings (SSSR count). The number of nitrogens with zero attached hydrogens (tertiary/aromatic N) is 1. The van der Waals surface area contributed by atoms with Crippen LogP contribution in [-0.2, 0) is 12.8 Å². The van der Waals surface area contributed by atoms with Crippen LogP contribution in [0.4, 0.5) is 10.7 Å². The van der Waals surface area contributed by atoms with Crippen LogP contribution in [-0.4, -0.2) is 12.1 Å². The average Bonchev–Trinajstić information content (AvgIpc) is 3.11. The molecular weight excluding hydrogens is 412 g/mol. The standard InChI is InChI=1S/C28H30N2OS/c1-20-16-17-23(19-21(20)2)30-27(31)26-24-14-8-3-4-9-15-25(24)32-28(26)29-18-10-13-22-11-6-5-7-12-22/h5-7,10-13,16-19H,3-4,8-9,14-15H2,1-2H3,(H,30,31)/b13-10+,29-18?. The lowest BCUT2D eigenvalue weighted by atomic mass is 9.96. The van der Waals surface area contributed by atoms with Crippen molar-refractivity contribution in [2.24, 2.45) is 4.99 Å². The van der Waals surface area contributed by atoms with E-state index in [2.05, 4.69) is 37.4 Å². The van der Waals surface area contributed by atoms with Crippen molar-refractivity contribution in [2.45, 2.75) is 52.4 Å². The van der Waals surface area contributed by atoms with E-state index in [1.165, 1.54) is 40.8 Å². The van der Waals surface area contributed by atoms with Gasteiger partial charge in [0.05, 0.1) is 5.56 Å². The van der Waals surface area contributed by atoms with Crippen molar-refractivity contribution in [1.82, 2.24) is 0 Å². The summed E-state index contributed by atoms with van der Waals surface area (Å²) in [6, 6.07) is 16.2. The van der Waals surface area contributed by atoms with Crippen LogP contribution in [0.25, 0.3) is 6.08 Å². The Morgan fingerprint density at radius 1 is 0.969 bits per heavy atom. The van der Waals surface area contributed by atoms with Gasteiger partial charge in [-0.2, -0.15) is 0 Å². The molecule has 1 N–H and O–H groups in total. The van der Waals surface area contributed by atoms with E-state index in [0.717, 1.165) is 41.1 Å². The van der Waals surface area contributed by atoms with E-state index in [9.17, 15) is 4.79 Å². The number of amides is 1. The summed E-state index contributed by atoms with van der Waals surface area (Å²) in [5, 5.41) is 3.95. The number of carbonyl (C=O) groups is 1. The first-order valence-corrected chi connectivity index (χ1v) is 12.2. The van der Waals surface area contributed by atoms with Crippen LogP contribution in [0, 0.1) is 13.8 Å². The Hall–Kier alpha value is -2.98. The van der Waals surface area contributed by atoms with Crippen LogP contribution >= 0.6 is 11.3 Å². The van der Waals surface area contributed by atoms with Gasteiger partial charge in [-0.1, -0.05) is 55.3 Å². The van der Waals surface area contributed by atoms with Gasteiger partial charge in [0.2, 0.25) is 0 Å². The number of benzene rings is 2. The van der Waals surface area contributed by atoms with Crippen molar-refractivity contribution in [1.29, 1.82) is 0 Å². The van der Waals surface area contributed by atoms with Crippen LogP contribution < -0.4 is 5.32 Å². The van der Waals surface area contributed by atoms with Gasteiger partial charge in [0.1, 0.15) is 5.00 Å². The molecule has 0 bridgehead atoms. The summed E-state index contributed by atoms with van der Waals surface area (Å²) in [4.78, 5) is 19.5. The first-order chi connectivity index (χ1) is 15.6. The molecule has 0 atom stereocenters. The van der Waals surface area contributed by atoms with E-state index in [0.29, 0.717) is 0 Å². The topological polar surface area (TPSA) is 41.5 Å². The number of hydrogen-bond donors (Lipinski definition) is 1. The molecule has 0 spiro atoms. The minimum Gasteiger partial charge on any atom is -0.322 e. The summed E-state index contributed by atoms with van der Waals surface area (Å²) in [6.45, 7) is 4.15. The molecule has 32 heavy (non-hydrogen) atoms. The summed E-state index contributed by atoms with van der Waals surface area (Å²) in [6.07, 6.45) is 12.6. The van der Waals surface area contributed by atoms with E-state index in [1.54, 1.807) is 17.6 Å². The van der Waals surface area contributed by atoms with Crippen LogP contribution in [0.1, 0.15) is 63.2 Å². The minimum absolute atomic E-state index is 0.0504. The second-order valence-electron chi connectivity index (χ2n) is 8.40. The molecule has 4 heteroatoms. The molecule has 1 aliphatic carbocycles. The fourth-order valence-corrected chi connectivity index (χ4v) is 5.31. The molecule has 0 unspecified atom stereocenters. The summed E-state index contributed by atoms with van der Waals surface area (Å²) in [5.74, 6) is -0.0504. The Balaban J connectivity index is 1.63. The lowest BCUT2D eigenvalue weighted by Gasteiger charge is -2.12. The van der Waals surface area contributed by atoms with Gasteiger partial charge in [0.15, 0.2) is 0 Å². The Bertz CT molecular complexity index is 1140. The molecule has 0 aliphatic heterocycles. The smallest absolute Gasteiger partial charge is 0.259 e. The number of hydrogen-bond acceptors (Lipinski definition) is 3. The highest BCUT2D eigenvalue weighted by Crippen LogP contribution is 2.39. The zero-order valence-corrected chi connectivity index (χ0v) is 19.7. The molecule has 0 saturated heterocycles. The van der Waals surface area contributed by atoms with E-state index in [4.69, 9.17) is 4.99 Å². The monoisotopic (exact) mass is 442 g/mol. The van der Waals surface area contributed by atoms with Crippen LogP contribution in [0.3, 0.4) is 0 Å². The largest absolute Gasteiger partial charge is 0.322 e. The highest BCUT2D eigenvalue weighted by atomic mass is 32.1. The number of thiophene rings is 1. The van der Waals surface area contributed by atoms with Crippen molar-refractivity contribution in [3.8, 4) is 0 Å². The van der Waals surface area contributed by atoms with Crippen molar-refractivity contribution >= 4 is 40.2 Å². The molecule has 1 heterocycles. The maximum atomic E-state index is 13.4. The van der Waals surface area contributed by atoms with Crippen molar-refractivity contribution < 1.29 is 4.79 Å². The number of aliphatic imine (C=N–C) groups is 1. The van der Waals surface area contributed by atoms with Gasteiger partial charge < -0.3 is 5.32 Å². The normalized spacial score (nSPS) is 14.3. The number of nitrogens with one attached hydrogen (secondary N) is 1. The first kappa shape index (κ1) is 22.2. The van der Waals surface area contributed by atoms with E-state index < -0.39 is 0 Å². The number of fused-ring (bicyclic) bond motifs is 1. The Labute approximate surface area is 194 Å². The third-order valence-corrected chi connectivity index (χ3v) is 7.21. The van der Waals surface area contributed by atoms with E-state index >= 15 is 0 Å². The van der Waals surface area contributed by atoms with Gasteiger partial charge in [0.25, 0.3) is 5.91 Å². The van der Waals surface area contributed by atoms with Gasteiger partial charge >= 0.3 is 0 Å². The highest BCUT2D eigenvalue weighted by Gasteiger charge is 2.24. The van der Waals surface area contributed by atoms with Crippen LogP contribution in [0.15, 0.2) is 59.6 Å². The number of allylic oxidation sites excluding steroid dienone is 1. The SMILES string of the molecule is Cc1ccc(NC(=O)c2c(N=C/C=C/c3ccccc3)sc3c2CCCCCC3)cc1C. The van der Waals surface area contributed by atoms with Crippen molar-refractivity contribution in [3.63, 3.8) is 0 Å². The quantitative estimate of drug-likeness (QED) is 0.404. The summed E-state index contributed by atoms with van der Waals surface area (Å²) < 4.78 is 0. The number of rotatable bonds is 5. The molecule has 1 aliphatic rings. The Morgan fingerprint density at radius 3 is 2.53 bits per heavy atom. The summed E-state index contributed by atoms with van der Waals surface area (Å²) >= 11 is 1.68. The Kier molecular flexibility index (Phi) is 7.33. The summed E-state index contributed by atoms with van der Waals surface area (Å²) in [5.41, 5.74) is 6.32. The fourth-order valence-electron chi connectivity index (χ4n) is 4.07. The fraction of sp³-hybridized carbons (Fsp3) is 0.286. The molecule has 0 saturated carbocycles. The van der Waals surface area contributed by atoms with Crippen LogP contribution in [0.5, 0.6) is 0 Å². The average molecular weight is 443 g/mol. The second-order valence-corrected chi connectivity index (χ2v) is 9.48. The molecule has 2 aromatic carbocycles. The molecule has 0 radical (unpaired) electrons. The van der Waals surface area contributed by atoms with Crippen molar-refractivity contribution in [3.05, 3.63) is 87.3 Å². The predicted octanol–water partition coefficient (Wildman–Crippen LogP) is 7.69. The lowest BCUT2D eigenvalue weighted by molar-refractivity contribution is 0.102. The predicted molar refractivity (Wildman–Crippen MR) is 138 cm³/mol. The number of carbonyl (C=O) groups excluding carboxylic acids is 1. The van der Waals surface area contributed by atoms with Crippen molar-refractivity contribution in [2.75, 3.05) is 5.32 Å². The maximum Gasteiger partial charge on any atom is 0.259 e. The van der Waals surface area contributed by atoms with Gasteiger partial charge in [-0.15, -0.1) is 11.3 Å². The molecule has 0 fully saturated rings. The Morgan fingerprint density at radius 2 is 1.75 bits per heavy atom. The zero-order chi connectivity index (χ0) is 22.3. The molecular formula is C28H30N2OS. The molecule has 1 aromatic heterocycles. The molecule has 1 amide bonds. The van der Waals surface area contributed by atoms with Gasteiger partial charge in [-0.25, -0.2) is 4.99 Å². The number of aryl methyl sites for hydroxylation is 3. The number of anilines is 1. The minimum atomic E-state index is -0.0504. The third-order valence-electron chi connectivity index (χ3n) is 6.01. The molecule has 164 valence electrons. The summed E-state index contributed by atoms with van der Waals surface area (Å²) in [7, 11) is 0. The van der Waals surface area contributed by atoms with Gasteiger partial charge in [-0.3, -0.25) is 4.79 Å². The maximum absolute atomic E-state index is 13.4. The van der Waals surface area contributed by atoms with Crippen LogP contribution in [0.2, 0.25) is 0 Å². The first-order valence-electron chi connectivity index (χ1n) is 11.4. The lowest BCUT2D eigenvalue weighted by Crippen LogP contribution is -2.14. The second kappa shape index (κ2) is 10.6. The van der Waals surface area contributed by atoms with E-state index in [-0.39, 0.29) is 5.91 Å². The van der Waals surface area contributed by atoms with E-state index in [1.807, 2.05) is 42.5 Å². The highest BCUT2D eigenvalue weighted by molar-refractivity contribution is 7.16. The molecule has 3 nitrogen and oxygen atoms in total. The van der Waals surface area contributed by atoms with Gasteiger partial charge in [0, 0.05) is 16.8 Å². The molecule has 3 aromatic rings.